The summed E-state index contributed by atoms with van der Waals surface area (Å²) in [5, 5.41) is 0. The molecule has 0 N–H and O–H groups in total. The predicted octanol–water partition coefficient (Wildman–Crippen LogP) is 8.45. The fraction of sp³-hybridized carbons (Fsp3) is 0.378. The minimum Gasteiger partial charge on any atom is -0.494 e. The Balaban J connectivity index is 1.39. The second kappa shape index (κ2) is 19.6. The number of aryl methyl sites for hydroxylation is 1. The molecule has 0 fully saturated rings. The molecule has 3 aromatic rings. The lowest BCUT2D eigenvalue weighted by molar-refractivity contribution is -0.137. The van der Waals surface area contributed by atoms with Crippen molar-refractivity contribution in [1.29, 1.82) is 0 Å². The number of carbonyl (C=O) groups is 3. The third kappa shape index (κ3) is 12.9. The summed E-state index contributed by atoms with van der Waals surface area (Å²) in [6.07, 6.45) is 10.6. The highest BCUT2D eigenvalue weighted by Gasteiger charge is 2.15. The van der Waals surface area contributed by atoms with Crippen LogP contribution in [0, 0.1) is 6.92 Å². The first-order chi connectivity index (χ1) is 21.9. The third-order valence-electron chi connectivity index (χ3n) is 6.97. The van der Waals surface area contributed by atoms with Gasteiger partial charge in [0.15, 0.2) is 0 Å². The zero-order valence-electron chi connectivity index (χ0n) is 26.4. The molecule has 0 aliphatic heterocycles. The molecule has 0 radical (unpaired) electrons. The van der Waals surface area contributed by atoms with Crippen LogP contribution in [0.2, 0.25) is 0 Å². The molecule has 0 heterocycles. The Labute approximate surface area is 266 Å². The maximum Gasteiger partial charge on any atom is 0.343 e. The molecule has 0 amide bonds. The standard InChI is InChI=1S/C37H44O8/c1-4-6-7-8-11-24-42-32-19-21-33(22-20-32)44-37(40)30-16-23-34(28(3)27-30)45-36(39)29-14-17-31(18-15-29)41-25-12-9-10-13-26-43-35(38)5-2/h5,14-23,27H,2,4,6-13,24-26H2,1,3H3. The van der Waals surface area contributed by atoms with E-state index < -0.39 is 17.9 Å². The minimum absolute atomic E-state index is 0.345. The summed E-state index contributed by atoms with van der Waals surface area (Å²) < 4.78 is 27.6. The molecular weight excluding hydrogens is 572 g/mol. The maximum absolute atomic E-state index is 12.7. The Hall–Kier alpha value is -4.59. The largest absolute Gasteiger partial charge is 0.494 e. The van der Waals surface area contributed by atoms with Gasteiger partial charge in [0.2, 0.25) is 0 Å². The zero-order valence-corrected chi connectivity index (χ0v) is 26.4. The number of esters is 3. The molecule has 0 saturated heterocycles. The van der Waals surface area contributed by atoms with Gasteiger partial charge in [0.25, 0.3) is 0 Å². The van der Waals surface area contributed by atoms with Gasteiger partial charge in [-0.2, -0.15) is 0 Å². The normalized spacial score (nSPS) is 10.5. The van der Waals surface area contributed by atoms with E-state index in [1.165, 1.54) is 19.3 Å². The van der Waals surface area contributed by atoms with Crippen molar-refractivity contribution in [1.82, 2.24) is 0 Å². The van der Waals surface area contributed by atoms with Crippen molar-refractivity contribution < 1.29 is 38.1 Å². The average molecular weight is 617 g/mol. The zero-order chi connectivity index (χ0) is 32.3. The lowest BCUT2D eigenvalue weighted by atomic mass is 10.1. The monoisotopic (exact) mass is 616 g/mol. The van der Waals surface area contributed by atoms with Crippen LogP contribution in [0.5, 0.6) is 23.0 Å². The second-order valence-corrected chi connectivity index (χ2v) is 10.7. The average Bonchev–Trinajstić information content (AvgIpc) is 3.05. The number of hydrogen-bond acceptors (Lipinski definition) is 8. The molecule has 0 aliphatic carbocycles. The summed E-state index contributed by atoms with van der Waals surface area (Å²) in [6, 6.07) is 18.5. The van der Waals surface area contributed by atoms with Gasteiger partial charge >= 0.3 is 17.9 Å². The van der Waals surface area contributed by atoms with Crippen molar-refractivity contribution in [2.45, 2.75) is 71.6 Å². The molecule has 3 rings (SSSR count). The highest BCUT2D eigenvalue weighted by atomic mass is 16.5. The molecule has 240 valence electrons. The van der Waals surface area contributed by atoms with E-state index in [1.54, 1.807) is 73.7 Å². The van der Waals surface area contributed by atoms with Crippen LogP contribution in [0.4, 0.5) is 0 Å². The predicted molar refractivity (Wildman–Crippen MR) is 173 cm³/mol. The van der Waals surface area contributed by atoms with Gasteiger partial charge in [-0.25, -0.2) is 14.4 Å². The molecule has 0 unspecified atom stereocenters. The van der Waals surface area contributed by atoms with Crippen LogP contribution < -0.4 is 18.9 Å². The van der Waals surface area contributed by atoms with E-state index in [9.17, 15) is 14.4 Å². The van der Waals surface area contributed by atoms with E-state index in [2.05, 4.69) is 13.5 Å². The highest BCUT2D eigenvalue weighted by molar-refractivity contribution is 5.93. The number of benzene rings is 3. The molecule has 0 aromatic heterocycles. The van der Waals surface area contributed by atoms with Gasteiger partial charge in [-0.15, -0.1) is 0 Å². The Morgan fingerprint density at radius 3 is 1.71 bits per heavy atom. The molecule has 0 saturated carbocycles. The van der Waals surface area contributed by atoms with Crippen molar-refractivity contribution in [3.05, 3.63) is 96.1 Å². The van der Waals surface area contributed by atoms with Gasteiger partial charge in [0.05, 0.1) is 30.9 Å². The molecule has 45 heavy (non-hydrogen) atoms. The van der Waals surface area contributed by atoms with Crippen LogP contribution in [0.1, 0.15) is 91.0 Å². The first-order valence-corrected chi connectivity index (χ1v) is 15.7. The lowest BCUT2D eigenvalue weighted by Gasteiger charge is -2.11. The molecule has 0 aliphatic rings. The molecule has 8 nitrogen and oxygen atoms in total. The number of rotatable bonds is 20. The van der Waals surface area contributed by atoms with Crippen molar-refractivity contribution in [3.63, 3.8) is 0 Å². The van der Waals surface area contributed by atoms with Gasteiger partial charge in [-0.1, -0.05) is 39.2 Å². The molecule has 8 heteroatoms. The van der Waals surface area contributed by atoms with Gasteiger partial charge in [0.1, 0.15) is 23.0 Å². The summed E-state index contributed by atoms with van der Waals surface area (Å²) in [6.45, 7) is 8.93. The van der Waals surface area contributed by atoms with Crippen molar-refractivity contribution in [2.75, 3.05) is 19.8 Å². The molecule has 0 atom stereocenters. The number of ether oxygens (including phenoxy) is 5. The summed E-state index contributed by atoms with van der Waals surface area (Å²) in [5.41, 5.74) is 1.35. The topological polar surface area (TPSA) is 97.4 Å². The van der Waals surface area contributed by atoms with E-state index >= 15 is 0 Å². The van der Waals surface area contributed by atoms with Crippen LogP contribution >= 0.6 is 0 Å². The van der Waals surface area contributed by atoms with Crippen molar-refractivity contribution in [2.24, 2.45) is 0 Å². The first kappa shape index (κ1) is 34.9. The Bertz CT molecular complexity index is 1360. The summed E-state index contributed by atoms with van der Waals surface area (Å²) in [4.78, 5) is 36.5. The maximum atomic E-state index is 12.7. The number of unbranched alkanes of at least 4 members (excludes halogenated alkanes) is 7. The summed E-state index contributed by atoms with van der Waals surface area (Å²) >= 11 is 0. The molecule has 0 bridgehead atoms. The molecule has 0 spiro atoms. The summed E-state index contributed by atoms with van der Waals surface area (Å²) in [5.74, 6) is 0.745. The second-order valence-electron chi connectivity index (χ2n) is 10.7. The number of hydrogen-bond donors (Lipinski definition) is 0. The van der Waals surface area contributed by atoms with Gasteiger partial charge in [-0.05, 0) is 111 Å². The van der Waals surface area contributed by atoms with E-state index in [0.29, 0.717) is 53.8 Å². The van der Waals surface area contributed by atoms with Crippen LogP contribution in [0.25, 0.3) is 0 Å². The smallest absolute Gasteiger partial charge is 0.343 e. The van der Waals surface area contributed by atoms with Crippen LogP contribution in [0.15, 0.2) is 79.4 Å². The minimum atomic E-state index is -0.514. The Kier molecular flexibility index (Phi) is 15.2. The van der Waals surface area contributed by atoms with E-state index in [1.807, 2.05) is 0 Å². The SMILES string of the molecule is C=CC(=O)OCCCCCCOc1ccc(C(=O)Oc2ccc(C(=O)Oc3ccc(OCCCCCCC)cc3)cc2C)cc1. The van der Waals surface area contributed by atoms with Crippen LogP contribution in [-0.4, -0.2) is 37.7 Å². The van der Waals surface area contributed by atoms with Crippen LogP contribution in [0.3, 0.4) is 0 Å². The Morgan fingerprint density at radius 2 is 1.13 bits per heavy atom. The van der Waals surface area contributed by atoms with E-state index in [4.69, 9.17) is 23.7 Å². The first-order valence-electron chi connectivity index (χ1n) is 15.7. The Morgan fingerprint density at radius 1 is 0.622 bits per heavy atom. The molecule has 3 aromatic carbocycles. The highest BCUT2D eigenvalue weighted by Crippen LogP contribution is 2.24. The van der Waals surface area contributed by atoms with Crippen LogP contribution in [-0.2, 0) is 9.53 Å². The fourth-order valence-corrected chi connectivity index (χ4v) is 4.38. The van der Waals surface area contributed by atoms with Crippen molar-refractivity contribution >= 4 is 17.9 Å². The fourth-order valence-electron chi connectivity index (χ4n) is 4.38. The van der Waals surface area contributed by atoms with Crippen molar-refractivity contribution in [3.8, 4) is 23.0 Å². The van der Waals surface area contributed by atoms with Gasteiger partial charge in [0, 0.05) is 6.08 Å². The van der Waals surface area contributed by atoms with E-state index in [0.717, 1.165) is 50.4 Å². The van der Waals surface area contributed by atoms with Gasteiger partial charge in [-0.3, -0.25) is 0 Å². The summed E-state index contributed by atoms with van der Waals surface area (Å²) in [7, 11) is 0. The third-order valence-corrected chi connectivity index (χ3v) is 6.97. The van der Waals surface area contributed by atoms with E-state index in [-0.39, 0.29) is 0 Å². The quantitative estimate of drug-likeness (QED) is 0.0540. The number of carbonyl (C=O) groups excluding carboxylic acids is 3. The lowest BCUT2D eigenvalue weighted by Crippen LogP contribution is -2.11. The van der Waals surface area contributed by atoms with Gasteiger partial charge < -0.3 is 23.7 Å². The molecular formula is C37H44O8.